The van der Waals surface area contributed by atoms with Crippen LogP contribution in [0, 0.1) is 0 Å². The molecule has 0 spiro atoms. The van der Waals surface area contributed by atoms with E-state index < -0.39 is 15.5 Å². The highest BCUT2D eigenvalue weighted by atomic mass is 32.4. The van der Waals surface area contributed by atoms with Crippen molar-refractivity contribution in [1.29, 1.82) is 0 Å². The van der Waals surface area contributed by atoms with Crippen LogP contribution in [0.5, 0.6) is 0 Å². The molecule has 0 bridgehead atoms. The van der Waals surface area contributed by atoms with Gasteiger partial charge in [0.2, 0.25) is 8.32 Å². The maximum atomic E-state index is 6.50. The Hall–Kier alpha value is -0.136. The summed E-state index contributed by atoms with van der Waals surface area (Å²) in [4.78, 5) is 2.56. The van der Waals surface area contributed by atoms with E-state index in [-0.39, 0.29) is 0 Å². The van der Waals surface area contributed by atoms with Crippen molar-refractivity contribution in [2.45, 2.75) is 71.5 Å². The van der Waals surface area contributed by atoms with Crippen molar-refractivity contribution in [3.63, 3.8) is 0 Å². The van der Waals surface area contributed by atoms with Gasteiger partial charge in [-0.05, 0) is 51.4 Å². The number of hydrogen-bond acceptors (Lipinski definition) is 3. The Morgan fingerprint density at radius 2 is 1.91 bits per heavy atom. The zero-order valence-corrected chi connectivity index (χ0v) is 18.5. The molecule has 5 heteroatoms. The lowest BCUT2D eigenvalue weighted by Gasteiger charge is -2.35. The zero-order valence-electron chi connectivity index (χ0n) is 15.7. The first-order chi connectivity index (χ1) is 10.0. The highest BCUT2D eigenvalue weighted by Crippen LogP contribution is 2.32. The monoisotopic (exact) mass is 357 g/mol. The first kappa shape index (κ1) is 19.9. The number of allylic oxidation sites excluding steroid dienone is 2. The van der Waals surface area contributed by atoms with Gasteiger partial charge in [0.1, 0.15) is 7.22 Å². The molecule has 128 valence electrons. The lowest BCUT2D eigenvalue weighted by molar-refractivity contribution is 0.203. The van der Waals surface area contributed by atoms with Gasteiger partial charge in [-0.15, -0.1) is 6.58 Å². The number of hydrogen-bond donors (Lipinski definition) is 0. The minimum atomic E-state index is -1.60. The predicted octanol–water partition coefficient (Wildman–Crippen LogP) is 5.68. The first-order valence-electron chi connectivity index (χ1n) is 8.44. The summed E-state index contributed by atoms with van der Waals surface area (Å²) in [7, 11) is -2.65. The van der Waals surface area contributed by atoms with Crippen LogP contribution in [-0.2, 0) is 4.43 Å². The van der Waals surface area contributed by atoms with Gasteiger partial charge in [-0.2, -0.15) is 11.2 Å². The topological polar surface area (TPSA) is 12.5 Å². The number of likely N-dealkylation sites (tertiary alicyclic amines) is 1. The average molecular weight is 358 g/mol. The highest BCUT2D eigenvalue weighted by molar-refractivity contribution is 8.28. The molecule has 1 fully saturated rings. The van der Waals surface area contributed by atoms with Crippen molar-refractivity contribution >= 4 is 26.8 Å². The normalized spacial score (nSPS) is 20.9. The van der Waals surface area contributed by atoms with Gasteiger partial charge in [-0.25, -0.2) is 0 Å². The Balaban J connectivity index is 2.92. The van der Waals surface area contributed by atoms with Crippen molar-refractivity contribution < 1.29 is 4.43 Å². The number of rotatable bonds is 8. The molecule has 1 atom stereocenters. The van der Waals surface area contributed by atoms with Crippen LogP contribution < -0.4 is 0 Å². The third kappa shape index (κ3) is 6.96. The third-order valence-electron chi connectivity index (χ3n) is 3.57. The summed E-state index contributed by atoms with van der Waals surface area (Å²) in [5, 5.41) is 0. The smallest absolute Gasteiger partial charge is 0.244 e. The number of nitrogens with zero attached hydrogens (tertiary/aromatic N) is 1. The molecule has 1 saturated heterocycles. The summed E-state index contributed by atoms with van der Waals surface area (Å²) in [6.45, 7) is 21.4. The van der Waals surface area contributed by atoms with E-state index in [9.17, 15) is 0 Å². The Morgan fingerprint density at radius 1 is 1.27 bits per heavy atom. The lowest BCUT2D eigenvalue weighted by atomic mass is 10.2. The Morgan fingerprint density at radius 3 is 2.41 bits per heavy atom. The molecule has 0 radical (unpaired) electrons. The SMILES string of the molecule is C=CC/C(C)=C(\O[Si](C)(C)C)N1CCC[C@H]1CS[Si](C)(C)C. The lowest BCUT2D eigenvalue weighted by Crippen LogP contribution is -2.38. The summed E-state index contributed by atoms with van der Waals surface area (Å²) >= 11 is 2.21. The van der Waals surface area contributed by atoms with Crippen LogP contribution in [0.4, 0.5) is 0 Å². The molecule has 1 heterocycles. The summed E-state index contributed by atoms with van der Waals surface area (Å²) in [5.41, 5.74) is 1.34. The molecule has 0 amide bonds. The summed E-state index contributed by atoms with van der Waals surface area (Å²) in [6, 6.07) is 0.642. The molecular weight excluding hydrogens is 322 g/mol. The van der Waals surface area contributed by atoms with Crippen molar-refractivity contribution in [3.05, 3.63) is 24.1 Å². The van der Waals surface area contributed by atoms with Gasteiger partial charge in [0.15, 0.2) is 5.88 Å². The van der Waals surface area contributed by atoms with Crippen LogP contribution in [0.15, 0.2) is 24.1 Å². The van der Waals surface area contributed by atoms with E-state index in [2.05, 4.69) is 68.9 Å². The average Bonchev–Trinajstić information content (AvgIpc) is 2.80. The van der Waals surface area contributed by atoms with Gasteiger partial charge in [0.05, 0.1) is 0 Å². The second kappa shape index (κ2) is 8.11. The van der Waals surface area contributed by atoms with Crippen LogP contribution in [0.25, 0.3) is 0 Å². The molecule has 0 N–H and O–H groups in total. The predicted molar refractivity (Wildman–Crippen MR) is 107 cm³/mol. The highest BCUT2D eigenvalue weighted by Gasteiger charge is 2.32. The summed E-state index contributed by atoms with van der Waals surface area (Å²) in [5.74, 6) is 2.41. The van der Waals surface area contributed by atoms with Gasteiger partial charge in [0.25, 0.3) is 0 Å². The van der Waals surface area contributed by atoms with Crippen LogP contribution in [0.2, 0.25) is 39.3 Å². The maximum Gasteiger partial charge on any atom is 0.244 e. The molecule has 0 aromatic rings. The summed E-state index contributed by atoms with van der Waals surface area (Å²) < 4.78 is 6.50. The molecule has 0 aromatic carbocycles. The van der Waals surface area contributed by atoms with E-state index in [1.165, 1.54) is 24.2 Å². The van der Waals surface area contributed by atoms with Gasteiger partial charge < -0.3 is 9.33 Å². The summed E-state index contributed by atoms with van der Waals surface area (Å²) in [6.07, 6.45) is 5.50. The van der Waals surface area contributed by atoms with E-state index in [0.29, 0.717) is 6.04 Å². The standard InChI is InChI=1S/C17H35NOSSi2/c1-9-11-15(2)17(19-21(3,4)5)18-13-10-12-16(18)14-20-22(6,7)8/h9,16H,1,10-14H2,2-8H3/b17-15-/t16-/m0/s1. The second-order valence-electron chi connectivity index (χ2n) is 8.21. The zero-order chi connectivity index (χ0) is 17.0. The van der Waals surface area contributed by atoms with E-state index in [1.807, 2.05) is 6.08 Å². The quantitative estimate of drug-likeness (QED) is 0.315. The van der Waals surface area contributed by atoms with Crippen molar-refractivity contribution in [2.24, 2.45) is 0 Å². The van der Waals surface area contributed by atoms with E-state index in [4.69, 9.17) is 4.43 Å². The minimum Gasteiger partial charge on any atom is -0.533 e. The molecule has 0 aromatic heterocycles. The maximum absolute atomic E-state index is 6.50. The van der Waals surface area contributed by atoms with Crippen molar-refractivity contribution in [3.8, 4) is 0 Å². The van der Waals surface area contributed by atoms with E-state index >= 15 is 0 Å². The minimum absolute atomic E-state index is 0.642. The van der Waals surface area contributed by atoms with Crippen LogP contribution in [-0.4, -0.2) is 38.8 Å². The van der Waals surface area contributed by atoms with E-state index in [1.54, 1.807) is 0 Å². The van der Waals surface area contributed by atoms with E-state index in [0.717, 1.165) is 18.8 Å². The van der Waals surface area contributed by atoms with Gasteiger partial charge in [-0.3, -0.25) is 0 Å². The largest absolute Gasteiger partial charge is 0.533 e. The molecule has 0 saturated carbocycles. The molecular formula is C17H35NOSSi2. The Labute approximate surface area is 144 Å². The fraction of sp³-hybridized carbons (Fsp3) is 0.765. The molecule has 2 nitrogen and oxygen atoms in total. The van der Waals surface area contributed by atoms with Gasteiger partial charge in [-0.1, -0.05) is 25.7 Å². The van der Waals surface area contributed by atoms with Crippen molar-refractivity contribution in [1.82, 2.24) is 4.90 Å². The van der Waals surface area contributed by atoms with Crippen LogP contribution in [0.3, 0.4) is 0 Å². The molecule has 1 aliphatic heterocycles. The van der Waals surface area contributed by atoms with Crippen LogP contribution >= 0.6 is 11.2 Å². The molecule has 1 rings (SSSR count). The Bertz CT molecular complexity index is 410. The fourth-order valence-electron chi connectivity index (χ4n) is 2.61. The molecule has 0 aliphatic carbocycles. The van der Waals surface area contributed by atoms with Gasteiger partial charge >= 0.3 is 0 Å². The molecule has 1 aliphatic rings. The third-order valence-corrected chi connectivity index (χ3v) is 8.89. The van der Waals surface area contributed by atoms with Crippen molar-refractivity contribution in [2.75, 3.05) is 12.3 Å². The second-order valence-corrected chi connectivity index (χ2v) is 22.0. The fourth-order valence-corrected chi connectivity index (χ4v) is 6.59. The van der Waals surface area contributed by atoms with Crippen LogP contribution in [0.1, 0.15) is 26.2 Å². The first-order valence-corrected chi connectivity index (χ1v) is 17.1. The Kier molecular flexibility index (Phi) is 7.34. The molecule has 22 heavy (non-hydrogen) atoms. The van der Waals surface area contributed by atoms with Gasteiger partial charge in [0, 0.05) is 18.3 Å². The molecule has 0 unspecified atom stereocenters.